The van der Waals surface area contributed by atoms with Crippen LogP contribution in [-0.4, -0.2) is 40.2 Å². The molecule has 0 aromatic carbocycles. The number of carbonyl (C=O) groups excluding carboxylic acids is 1. The number of rotatable bonds is 3. The van der Waals surface area contributed by atoms with E-state index in [9.17, 15) is 4.79 Å². The van der Waals surface area contributed by atoms with Gasteiger partial charge in [0.2, 0.25) is 0 Å². The van der Waals surface area contributed by atoms with Crippen molar-refractivity contribution in [3.63, 3.8) is 0 Å². The van der Waals surface area contributed by atoms with Gasteiger partial charge in [-0.25, -0.2) is 0 Å². The zero-order chi connectivity index (χ0) is 8.15. The number of hydrogen-bond acceptors (Lipinski definition) is 4. The second-order valence-corrected chi connectivity index (χ2v) is 1.88. The van der Waals surface area contributed by atoms with Gasteiger partial charge in [0.05, 0.1) is 6.61 Å². The molecular weight excluding hydrogens is 138 g/mol. The first-order valence-corrected chi connectivity index (χ1v) is 2.85. The van der Waals surface area contributed by atoms with Crippen LogP contribution in [0.15, 0.2) is 0 Å². The van der Waals surface area contributed by atoms with E-state index in [-0.39, 0.29) is 0 Å². The Morgan fingerprint density at radius 3 is 2.40 bits per heavy atom. The third kappa shape index (κ3) is 3.39. The van der Waals surface area contributed by atoms with Crippen LogP contribution in [0.2, 0.25) is 0 Å². The third-order valence-electron chi connectivity index (χ3n) is 0.861. The van der Waals surface area contributed by atoms with Gasteiger partial charge in [0.25, 0.3) is 5.91 Å². The summed E-state index contributed by atoms with van der Waals surface area (Å²) in [4.78, 5) is 10.5. The molecule has 4 N–H and O–H groups in total. The van der Waals surface area contributed by atoms with E-state index in [2.05, 4.69) is 0 Å². The third-order valence-corrected chi connectivity index (χ3v) is 0.861. The van der Waals surface area contributed by atoms with Crippen molar-refractivity contribution in [2.75, 3.05) is 6.61 Å². The highest BCUT2D eigenvalue weighted by molar-refractivity contribution is 5.80. The van der Waals surface area contributed by atoms with Gasteiger partial charge >= 0.3 is 0 Å². The lowest BCUT2D eigenvalue weighted by molar-refractivity contribution is -0.132. The molecule has 0 saturated heterocycles. The van der Waals surface area contributed by atoms with Gasteiger partial charge in [-0.1, -0.05) is 0 Å². The molecule has 0 rings (SSSR count). The van der Waals surface area contributed by atoms with Crippen molar-refractivity contribution in [3.8, 4) is 0 Å². The predicted octanol–water partition coefficient (Wildman–Crippen LogP) is -2.21. The molecule has 0 fully saturated rings. The van der Waals surface area contributed by atoms with Crippen molar-refractivity contribution >= 4 is 5.91 Å². The van der Waals surface area contributed by atoms with Crippen molar-refractivity contribution in [2.24, 2.45) is 0 Å². The summed E-state index contributed by atoms with van der Waals surface area (Å²) in [7, 11) is 0. The number of hydrogen-bond donors (Lipinski definition) is 4. The first kappa shape index (κ1) is 9.35. The lowest BCUT2D eigenvalue weighted by Gasteiger charge is -2.10. The highest BCUT2D eigenvalue weighted by Crippen LogP contribution is 1.80. The number of carbonyl (C=O) groups is 1. The lowest BCUT2D eigenvalue weighted by Crippen LogP contribution is -2.42. The molecule has 10 heavy (non-hydrogen) atoms. The van der Waals surface area contributed by atoms with Gasteiger partial charge < -0.3 is 20.6 Å². The Morgan fingerprint density at radius 1 is 1.60 bits per heavy atom. The SMILES string of the molecule is CC(O)C(=O)NC(O)CO. The summed E-state index contributed by atoms with van der Waals surface area (Å²) in [5, 5.41) is 27.3. The highest BCUT2D eigenvalue weighted by atomic mass is 16.3. The van der Waals surface area contributed by atoms with E-state index in [4.69, 9.17) is 15.3 Å². The Labute approximate surface area is 58.3 Å². The fraction of sp³-hybridized carbons (Fsp3) is 0.800. The Kier molecular flexibility index (Phi) is 3.94. The van der Waals surface area contributed by atoms with E-state index >= 15 is 0 Å². The van der Waals surface area contributed by atoms with E-state index in [1.807, 2.05) is 5.32 Å². The zero-order valence-corrected chi connectivity index (χ0v) is 5.61. The van der Waals surface area contributed by atoms with E-state index < -0.39 is 24.8 Å². The fourth-order valence-electron chi connectivity index (χ4n) is 0.330. The Bertz CT molecular complexity index is 114. The summed E-state index contributed by atoms with van der Waals surface area (Å²) >= 11 is 0. The molecule has 2 unspecified atom stereocenters. The van der Waals surface area contributed by atoms with Crippen molar-refractivity contribution in [1.82, 2.24) is 5.32 Å². The van der Waals surface area contributed by atoms with Gasteiger partial charge in [0.15, 0.2) is 0 Å². The molecule has 0 radical (unpaired) electrons. The summed E-state index contributed by atoms with van der Waals surface area (Å²) < 4.78 is 0. The predicted molar refractivity (Wildman–Crippen MR) is 32.9 cm³/mol. The summed E-state index contributed by atoms with van der Waals surface area (Å²) in [6, 6.07) is 0. The quantitative estimate of drug-likeness (QED) is 0.343. The smallest absolute Gasteiger partial charge is 0.250 e. The minimum atomic E-state index is -1.29. The van der Waals surface area contributed by atoms with Gasteiger partial charge in [-0.15, -0.1) is 0 Å². The van der Waals surface area contributed by atoms with Crippen LogP contribution in [0, 0.1) is 0 Å². The average Bonchev–Trinajstić information content (AvgIpc) is 1.87. The minimum Gasteiger partial charge on any atom is -0.392 e. The van der Waals surface area contributed by atoms with Crippen LogP contribution in [0.4, 0.5) is 0 Å². The molecule has 5 heteroatoms. The molecule has 2 atom stereocenters. The summed E-state index contributed by atoms with van der Waals surface area (Å²) in [6.07, 6.45) is -2.46. The monoisotopic (exact) mass is 149 g/mol. The highest BCUT2D eigenvalue weighted by Gasteiger charge is 2.11. The van der Waals surface area contributed by atoms with Gasteiger partial charge in [0, 0.05) is 0 Å². The number of amides is 1. The maximum Gasteiger partial charge on any atom is 0.250 e. The molecule has 0 aromatic rings. The van der Waals surface area contributed by atoms with Crippen molar-refractivity contribution in [2.45, 2.75) is 19.3 Å². The molecule has 1 amide bonds. The molecular formula is C5H11NO4. The molecule has 0 aromatic heterocycles. The van der Waals surface area contributed by atoms with Gasteiger partial charge in [-0.2, -0.15) is 0 Å². The maximum atomic E-state index is 10.5. The minimum absolute atomic E-state index is 0.557. The summed E-state index contributed by atoms with van der Waals surface area (Å²) in [6.45, 7) is 0.706. The fourth-order valence-corrected chi connectivity index (χ4v) is 0.330. The van der Waals surface area contributed by atoms with E-state index in [1.54, 1.807) is 0 Å². The second-order valence-electron chi connectivity index (χ2n) is 1.88. The standard InChI is InChI=1S/C5H11NO4/c1-3(8)5(10)6-4(9)2-7/h3-4,7-9H,2H2,1H3,(H,6,10). The van der Waals surface area contributed by atoms with Gasteiger partial charge in [0.1, 0.15) is 12.3 Å². The largest absolute Gasteiger partial charge is 0.392 e. The van der Waals surface area contributed by atoms with Crippen molar-refractivity contribution in [1.29, 1.82) is 0 Å². The number of aliphatic hydroxyl groups is 3. The van der Waals surface area contributed by atoms with Crippen LogP contribution < -0.4 is 5.32 Å². The Hall–Kier alpha value is -0.650. The Balaban J connectivity index is 3.57. The lowest BCUT2D eigenvalue weighted by atomic mass is 10.4. The Morgan fingerprint density at radius 2 is 2.10 bits per heavy atom. The van der Waals surface area contributed by atoms with E-state index in [0.717, 1.165) is 0 Å². The molecule has 60 valence electrons. The molecule has 0 saturated carbocycles. The number of aliphatic hydroxyl groups excluding tert-OH is 3. The molecule has 0 aliphatic rings. The van der Waals surface area contributed by atoms with Crippen molar-refractivity contribution in [3.05, 3.63) is 0 Å². The van der Waals surface area contributed by atoms with E-state index in [1.165, 1.54) is 6.92 Å². The maximum absolute atomic E-state index is 10.5. The van der Waals surface area contributed by atoms with Crippen LogP contribution in [-0.2, 0) is 4.79 Å². The van der Waals surface area contributed by atoms with Crippen LogP contribution in [0.3, 0.4) is 0 Å². The van der Waals surface area contributed by atoms with Crippen molar-refractivity contribution < 1.29 is 20.1 Å². The van der Waals surface area contributed by atoms with Crippen LogP contribution in [0.5, 0.6) is 0 Å². The van der Waals surface area contributed by atoms with Crippen LogP contribution in [0.1, 0.15) is 6.92 Å². The molecule has 5 nitrogen and oxygen atoms in total. The molecule has 0 aliphatic carbocycles. The van der Waals surface area contributed by atoms with Crippen LogP contribution >= 0.6 is 0 Å². The first-order valence-electron chi connectivity index (χ1n) is 2.85. The van der Waals surface area contributed by atoms with Crippen LogP contribution in [0.25, 0.3) is 0 Å². The molecule has 0 spiro atoms. The summed E-state index contributed by atoms with van der Waals surface area (Å²) in [5.74, 6) is -0.707. The molecule has 0 heterocycles. The second kappa shape index (κ2) is 4.21. The normalized spacial score (nSPS) is 16.0. The first-order chi connectivity index (χ1) is 4.57. The van der Waals surface area contributed by atoms with E-state index in [0.29, 0.717) is 0 Å². The van der Waals surface area contributed by atoms with Gasteiger partial charge in [-0.05, 0) is 6.92 Å². The molecule has 0 aliphatic heterocycles. The summed E-state index contributed by atoms with van der Waals surface area (Å²) in [5.41, 5.74) is 0. The topological polar surface area (TPSA) is 89.8 Å². The zero-order valence-electron chi connectivity index (χ0n) is 5.61. The average molecular weight is 149 g/mol. The van der Waals surface area contributed by atoms with Gasteiger partial charge in [-0.3, -0.25) is 4.79 Å². The number of nitrogens with one attached hydrogen (secondary N) is 1. The molecule has 0 bridgehead atoms.